The van der Waals surface area contributed by atoms with Crippen LogP contribution in [0.3, 0.4) is 0 Å². The number of aromatic nitrogens is 2. The number of hydrogen-bond acceptors (Lipinski definition) is 4. The molecule has 2 aromatic heterocycles. The molecule has 114 valence electrons. The van der Waals surface area contributed by atoms with Gasteiger partial charge in [0.05, 0.1) is 12.3 Å². The fraction of sp³-hybridized carbons (Fsp3) is 0.562. The van der Waals surface area contributed by atoms with E-state index in [0.29, 0.717) is 6.04 Å². The maximum Gasteiger partial charge on any atom is 0.153 e. The second-order valence-corrected chi connectivity index (χ2v) is 5.84. The van der Waals surface area contributed by atoms with Crippen LogP contribution in [0.4, 0.5) is 5.82 Å². The molecule has 0 radical (unpaired) electrons. The van der Waals surface area contributed by atoms with E-state index >= 15 is 0 Å². The Hall–Kier alpha value is -1.59. The van der Waals surface area contributed by atoms with Crippen LogP contribution in [0.5, 0.6) is 0 Å². The van der Waals surface area contributed by atoms with E-state index in [9.17, 15) is 5.11 Å². The molecule has 5 heteroatoms. The highest BCUT2D eigenvalue weighted by atomic mass is 16.3. The summed E-state index contributed by atoms with van der Waals surface area (Å²) in [4.78, 5) is 9.56. The van der Waals surface area contributed by atoms with Crippen molar-refractivity contribution in [3.63, 3.8) is 0 Å². The topological polar surface area (TPSA) is 44.0 Å². The number of rotatable bonds is 3. The van der Waals surface area contributed by atoms with Gasteiger partial charge in [0.2, 0.25) is 0 Å². The summed E-state index contributed by atoms with van der Waals surface area (Å²) in [5.41, 5.74) is 1.80. The summed E-state index contributed by atoms with van der Waals surface area (Å²) in [5.74, 6) is 0.950. The minimum atomic E-state index is 0.0171. The molecule has 0 saturated carbocycles. The minimum absolute atomic E-state index is 0.0171. The summed E-state index contributed by atoms with van der Waals surface area (Å²) in [6.45, 7) is 5.42. The molecule has 21 heavy (non-hydrogen) atoms. The van der Waals surface area contributed by atoms with Gasteiger partial charge in [-0.25, -0.2) is 4.98 Å². The molecule has 5 nitrogen and oxygen atoms in total. The largest absolute Gasteiger partial charge is 0.390 e. The summed E-state index contributed by atoms with van der Waals surface area (Å²) in [7, 11) is 2.18. The van der Waals surface area contributed by atoms with Crippen LogP contribution in [0.25, 0.3) is 5.65 Å². The van der Waals surface area contributed by atoms with E-state index in [2.05, 4.69) is 23.8 Å². The van der Waals surface area contributed by atoms with Gasteiger partial charge in [0.15, 0.2) is 5.82 Å². The van der Waals surface area contributed by atoms with Crippen LogP contribution in [-0.2, 0) is 6.61 Å². The third-order valence-electron chi connectivity index (χ3n) is 4.40. The van der Waals surface area contributed by atoms with E-state index in [4.69, 9.17) is 4.98 Å². The Morgan fingerprint density at radius 3 is 2.95 bits per heavy atom. The number of fused-ring (bicyclic) bond motifs is 1. The Morgan fingerprint density at radius 1 is 1.33 bits per heavy atom. The maximum absolute atomic E-state index is 9.82. The first-order valence-electron chi connectivity index (χ1n) is 7.76. The van der Waals surface area contributed by atoms with Crippen LogP contribution in [0.1, 0.15) is 25.5 Å². The molecule has 1 atom stereocenters. The van der Waals surface area contributed by atoms with E-state index in [1.165, 1.54) is 0 Å². The molecule has 0 amide bonds. The van der Waals surface area contributed by atoms with Gasteiger partial charge in [-0.1, -0.05) is 13.0 Å². The Labute approximate surface area is 125 Å². The molecule has 1 N–H and O–H groups in total. The molecular formula is C16H24N4O. The average molecular weight is 288 g/mol. The van der Waals surface area contributed by atoms with Crippen molar-refractivity contribution in [1.29, 1.82) is 0 Å². The van der Waals surface area contributed by atoms with Gasteiger partial charge in [-0.15, -0.1) is 0 Å². The van der Waals surface area contributed by atoms with Gasteiger partial charge in [-0.2, -0.15) is 0 Å². The van der Waals surface area contributed by atoms with Gasteiger partial charge < -0.3 is 14.9 Å². The van der Waals surface area contributed by atoms with Crippen molar-refractivity contribution in [2.45, 2.75) is 32.4 Å². The van der Waals surface area contributed by atoms with Gasteiger partial charge in [0.1, 0.15) is 5.65 Å². The SMILES string of the molecule is CCC1CN(C)CCCN1c1nc2ccccn2c1CO. The molecule has 1 aliphatic heterocycles. The van der Waals surface area contributed by atoms with Crippen molar-refractivity contribution in [3.8, 4) is 0 Å². The molecule has 1 unspecified atom stereocenters. The normalized spacial score (nSPS) is 20.9. The predicted octanol–water partition coefficient (Wildman–Crippen LogP) is 1.75. The lowest BCUT2D eigenvalue weighted by molar-refractivity contribution is 0.275. The molecular weight excluding hydrogens is 264 g/mol. The molecule has 0 bridgehead atoms. The number of pyridine rings is 1. The first kappa shape index (κ1) is 14.4. The molecule has 1 saturated heterocycles. The molecule has 1 fully saturated rings. The highest BCUT2D eigenvalue weighted by molar-refractivity contribution is 5.56. The summed E-state index contributed by atoms with van der Waals surface area (Å²) >= 11 is 0. The highest BCUT2D eigenvalue weighted by Gasteiger charge is 2.26. The number of aliphatic hydroxyl groups is 1. The molecule has 2 aromatic rings. The summed E-state index contributed by atoms with van der Waals surface area (Å²) < 4.78 is 2.00. The zero-order chi connectivity index (χ0) is 14.8. The summed E-state index contributed by atoms with van der Waals surface area (Å²) in [6, 6.07) is 6.41. The van der Waals surface area contributed by atoms with Crippen molar-refractivity contribution < 1.29 is 5.11 Å². The highest BCUT2D eigenvalue weighted by Crippen LogP contribution is 2.26. The number of imidazole rings is 1. The van der Waals surface area contributed by atoms with Crippen molar-refractivity contribution >= 4 is 11.5 Å². The number of nitrogens with zero attached hydrogens (tertiary/aromatic N) is 4. The smallest absolute Gasteiger partial charge is 0.153 e. The van der Waals surface area contributed by atoms with Crippen LogP contribution in [0.15, 0.2) is 24.4 Å². The van der Waals surface area contributed by atoms with Crippen LogP contribution >= 0.6 is 0 Å². The summed E-state index contributed by atoms with van der Waals surface area (Å²) in [5, 5.41) is 9.82. The number of hydrogen-bond donors (Lipinski definition) is 1. The Bertz CT molecular complexity index is 609. The van der Waals surface area contributed by atoms with Crippen LogP contribution in [0.2, 0.25) is 0 Å². The molecule has 0 spiro atoms. The zero-order valence-corrected chi connectivity index (χ0v) is 12.9. The second kappa shape index (κ2) is 6.03. The van der Waals surface area contributed by atoms with Crippen LogP contribution in [-0.4, -0.2) is 52.1 Å². The van der Waals surface area contributed by atoms with Crippen molar-refractivity contribution in [2.24, 2.45) is 0 Å². The van der Waals surface area contributed by atoms with Crippen LogP contribution in [0, 0.1) is 0 Å². The van der Waals surface area contributed by atoms with E-state index < -0.39 is 0 Å². The van der Waals surface area contributed by atoms with Crippen LogP contribution < -0.4 is 4.90 Å². The number of aliphatic hydroxyl groups excluding tert-OH is 1. The van der Waals surface area contributed by atoms with Gasteiger partial charge in [-0.3, -0.25) is 4.40 Å². The molecule has 1 aliphatic rings. The van der Waals surface area contributed by atoms with Gasteiger partial charge in [-0.05, 0) is 38.6 Å². The van der Waals surface area contributed by atoms with E-state index in [1.807, 2.05) is 28.8 Å². The van der Waals surface area contributed by atoms with E-state index in [-0.39, 0.29) is 6.61 Å². The van der Waals surface area contributed by atoms with Gasteiger partial charge in [0.25, 0.3) is 0 Å². The van der Waals surface area contributed by atoms with E-state index in [0.717, 1.165) is 49.6 Å². The Morgan fingerprint density at radius 2 is 2.19 bits per heavy atom. The fourth-order valence-electron chi connectivity index (χ4n) is 3.28. The van der Waals surface area contributed by atoms with Crippen molar-refractivity contribution in [3.05, 3.63) is 30.1 Å². The molecule has 0 aliphatic carbocycles. The standard InChI is InChI=1S/C16H24N4O/c1-3-13-11-18(2)8-6-10-19(13)16-14(12-21)20-9-5-4-7-15(20)17-16/h4-5,7,9,13,21H,3,6,8,10-12H2,1-2H3. The van der Waals surface area contributed by atoms with Gasteiger partial charge >= 0.3 is 0 Å². The molecule has 3 rings (SSSR count). The van der Waals surface area contributed by atoms with Crippen molar-refractivity contribution in [2.75, 3.05) is 31.6 Å². The monoisotopic (exact) mass is 288 g/mol. The summed E-state index contributed by atoms with van der Waals surface area (Å²) in [6.07, 6.45) is 4.19. The minimum Gasteiger partial charge on any atom is -0.390 e. The maximum atomic E-state index is 9.82. The fourth-order valence-corrected chi connectivity index (χ4v) is 3.28. The quantitative estimate of drug-likeness (QED) is 0.934. The zero-order valence-electron chi connectivity index (χ0n) is 12.9. The predicted molar refractivity (Wildman–Crippen MR) is 84.7 cm³/mol. The first-order chi connectivity index (χ1) is 10.2. The Kier molecular flexibility index (Phi) is 4.12. The number of likely N-dealkylation sites (N-methyl/N-ethyl adjacent to an activating group) is 1. The van der Waals surface area contributed by atoms with Crippen molar-refractivity contribution in [1.82, 2.24) is 14.3 Å². The lowest BCUT2D eigenvalue weighted by atomic mass is 10.2. The third-order valence-corrected chi connectivity index (χ3v) is 4.40. The van der Waals surface area contributed by atoms with E-state index in [1.54, 1.807) is 0 Å². The third kappa shape index (κ3) is 2.63. The molecule has 3 heterocycles. The number of anilines is 1. The first-order valence-corrected chi connectivity index (χ1v) is 7.76. The average Bonchev–Trinajstić information content (AvgIpc) is 2.76. The lowest BCUT2D eigenvalue weighted by Gasteiger charge is -2.31. The van der Waals surface area contributed by atoms with Gasteiger partial charge in [0, 0.05) is 25.3 Å². The second-order valence-electron chi connectivity index (χ2n) is 5.84. The molecule has 0 aromatic carbocycles. The lowest BCUT2D eigenvalue weighted by Crippen LogP contribution is -2.40. The Balaban J connectivity index is 2.05.